The van der Waals surface area contributed by atoms with Crippen molar-refractivity contribution in [1.82, 2.24) is 9.97 Å². The van der Waals surface area contributed by atoms with E-state index in [1.54, 1.807) is 0 Å². The minimum absolute atomic E-state index is 0.693. The van der Waals surface area contributed by atoms with Gasteiger partial charge in [-0.25, -0.2) is 9.97 Å². The normalized spacial score (nSPS) is 11.6. The van der Waals surface area contributed by atoms with Crippen molar-refractivity contribution in [3.63, 3.8) is 0 Å². The molecule has 0 N–H and O–H groups in total. The SMILES string of the molecule is c1ccc(-c2cc(-c3ccc(-c4ccc(-c5ccc6sc7ccccc7c6c5)c5c4oc4ccccc45)cc3)nc(-c3ccccc3-c3ccccc3)n2)cc1. The van der Waals surface area contributed by atoms with Crippen molar-refractivity contribution in [1.29, 1.82) is 0 Å². The van der Waals surface area contributed by atoms with Crippen LogP contribution in [0.5, 0.6) is 0 Å². The lowest BCUT2D eigenvalue weighted by Crippen LogP contribution is -1.97. The third-order valence-corrected chi connectivity index (χ3v) is 11.9. The summed E-state index contributed by atoms with van der Waals surface area (Å²) in [4.78, 5) is 10.4. The van der Waals surface area contributed by atoms with Crippen molar-refractivity contribution in [2.75, 3.05) is 0 Å². The van der Waals surface area contributed by atoms with Crippen molar-refractivity contribution in [3.8, 4) is 67.3 Å². The van der Waals surface area contributed by atoms with Gasteiger partial charge in [0.1, 0.15) is 11.2 Å². The first kappa shape index (κ1) is 32.3. The van der Waals surface area contributed by atoms with E-state index in [0.29, 0.717) is 5.82 Å². The Bertz CT molecular complexity index is 3240. The van der Waals surface area contributed by atoms with E-state index in [1.807, 2.05) is 29.5 Å². The first-order chi connectivity index (χ1) is 27.7. The first-order valence-corrected chi connectivity index (χ1v) is 19.6. The number of hydrogen-bond acceptors (Lipinski definition) is 4. The molecule has 0 amide bonds. The molecule has 0 aliphatic heterocycles. The Morgan fingerprint density at radius 1 is 0.357 bits per heavy atom. The summed E-state index contributed by atoms with van der Waals surface area (Å²) in [6.45, 7) is 0. The van der Waals surface area contributed by atoms with Gasteiger partial charge >= 0.3 is 0 Å². The number of para-hydroxylation sites is 1. The number of thiophene rings is 1. The molecule has 0 bridgehead atoms. The van der Waals surface area contributed by atoms with Crippen LogP contribution in [-0.2, 0) is 0 Å². The molecule has 0 radical (unpaired) electrons. The molecule has 0 spiro atoms. The molecule has 0 fully saturated rings. The number of hydrogen-bond donors (Lipinski definition) is 0. The molecule has 3 heterocycles. The molecule has 11 aromatic rings. The smallest absolute Gasteiger partial charge is 0.161 e. The van der Waals surface area contributed by atoms with Crippen LogP contribution >= 0.6 is 11.3 Å². The predicted molar refractivity (Wildman–Crippen MR) is 235 cm³/mol. The molecule has 0 saturated heterocycles. The van der Waals surface area contributed by atoms with Gasteiger partial charge in [-0.15, -0.1) is 11.3 Å². The third kappa shape index (κ3) is 5.50. The number of rotatable bonds is 6. The van der Waals surface area contributed by atoms with E-state index in [4.69, 9.17) is 14.4 Å². The molecule has 0 aliphatic carbocycles. The first-order valence-electron chi connectivity index (χ1n) is 18.8. The van der Waals surface area contributed by atoms with Crippen molar-refractivity contribution in [3.05, 3.63) is 194 Å². The van der Waals surface area contributed by atoms with Gasteiger partial charge in [0, 0.05) is 53.2 Å². The summed E-state index contributed by atoms with van der Waals surface area (Å²) in [6, 6.07) is 68.3. The highest BCUT2D eigenvalue weighted by Gasteiger charge is 2.19. The molecule has 3 nitrogen and oxygen atoms in total. The van der Waals surface area contributed by atoms with Gasteiger partial charge in [-0.1, -0.05) is 158 Å². The maximum Gasteiger partial charge on any atom is 0.161 e. The van der Waals surface area contributed by atoms with Gasteiger partial charge in [0.25, 0.3) is 0 Å². The number of nitrogens with zero attached hydrogens (tertiary/aromatic N) is 2. The fourth-order valence-corrected chi connectivity index (χ4v) is 9.12. The maximum atomic E-state index is 6.72. The lowest BCUT2D eigenvalue weighted by Gasteiger charge is -2.13. The van der Waals surface area contributed by atoms with Crippen LogP contribution < -0.4 is 0 Å². The highest BCUT2D eigenvalue weighted by Crippen LogP contribution is 2.44. The van der Waals surface area contributed by atoms with Crippen molar-refractivity contribution >= 4 is 53.4 Å². The highest BCUT2D eigenvalue weighted by atomic mass is 32.1. The standard InChI is InChI=1S/C52H32N2OS/c1-3-13-33(14-4-1)38-17-7-8-19-42(38)52-53-45(35-15-5-2-6-16-35)32-46(54-52)36-25-23-34(24-26-36)40-29-28-39(50-43-20-9-11-21-47(43)55-51(40)50)37-27-30-49-44(31-37)41-18-10-12-22-48(41)56-49/h1-32H. The lowest BCUT2D eigenvalue weighted by molar-refractivity contribution is 0.670. The molecule has 0 aliphatic rings. The van der Waals surface area contributed by atoms with E-state index < -0.39 is 0 Å². The minimum atomic E-state index is 0.693. The van der Waals surface area contributed by atoms with E-state index in [1.165, 1.54) is 31.3 Å². The Labute approximate surface area is 327 Å². The Morgan fingerprint density at radius 2 is 0.911 bits per heavy atom. The second kappa shape index (κ2) is 13.3. The minimum Gasteiger partial charge on any atom is -0.455 e. The van der Waals surface area contributed by atoms with E-state index in [0.717, 1.165) is 72.3 Å². The van der Waals surface area contributed by atoms with Gasteiger partial charge in [-0.3, -0.25) is 0 Å². The Kier molecular flexibility index (Phi) is 7.68. The zero-order valence-corrected chi connectivity index (χ0v) is 31.0. The summed E-state index contributed by atoms with van der Waals surface area (Å²) in [6.07, 6.45) is 0. The molecule has 3 aromatic heterocycles. The van der Waals surface area contributed by atoms with Crippen molar-refractivity contribution in [2.45, 2.75) is 0 Å². The van der Waals surface area contributed by atoms with Crippen LogP contribution in [-0.4, -0.2) is 9.97 Å². The molecule has 262 valence electrons. The van der Waals surface area contributed by atoms with Crippen LogP contribution in [0.2, 0.25) is 0 Å². The average Bonchev–Trinajstić information content (AvgIpc) is 3.85. The summed E-state index contributed by atoms with van der Waals surface area (Å²) < 4.78 is 9.32. The maximum absolute atomic E-state index is 6.72. The van der Waals surface area contributed by atoms with E-state index in [-0.39, 0.29) is 0 Å². The molecule has 0 saturated carbocycles. The Hall–Kier alpha value is -7.14. The van der Waals surface area contributed by atoms with Crippen LogP contribution in [0.4, 0.5) is 0 Å². The summed E-state index contributed by atoms with van der Waals surface area (Å²) in [5.74, 6) is 0.693. The quantitative estimate of drug-likeness (QED) is 0.171. The van der Waals surface area contributed by atoms with Crippen LogP contribution in [0.25, 0.3) is 109 Å². The zero-order valence-electron chi connectivity index (χ0n) is 30.2. The topological polar surface area (TPSA) is 38.9 Å². The zero-order chi connectivity index (χ0) is 37.0. The Balaban J connectivity index is 1.03. The number of aromatic nitrogens is 2. The molecule has 8 aromatic carbocycles. The van der Waals surface area contributed by atoms with Gasteiger partial charge < -0.3 is 4.42 Å². The molecule has 4 heteroatoms. The second-order valence-electron chi connectivity index (χ2n) is 14.1. The number of furan rings is 1. The van der Waals surface area contributed by atoms with Crippen LogP contribution in [0.1, 0.15) is 0 Å². The van der Waals surface area contributed by atoms with Gasteiger partial charge in [0.15, 0.2) is 5.82 Å². The number of fused-ring (bicyclic) bond motifs is 6. The summed E-state index contributed by atoms with van der Waals surface area (Å²) in [5, 5.41) is 4.83. The van der Waals surface area contributed by atoms with Gasteiger partial charge in [-0.2, -0.15) is 0 Å². The van der Waals surface area contributed by atoms with Crippen LogP contribution in [0.3, 0.4) is 0 Å². The van der Waals surface area contributed by atoms with Crippen molar-refractivity contribution < 1.29 is 4.42 Å². The average molecular weight is 733 g/mol. The predicted octanol–water partition coefficient (Wildman–Crippen LogP) is 14.7. The fourth-order valence-electron chi connectivity index (χ4n) is 8.03. The van der Waals surface area contributed by atoms with Gasteiger partial charge in [0.2, 0.25) is 0 Å². The molecular formula is C52H32N2OS. The third-order valence-electron chi connectivity index (χ3n) is 10.8. The molecule has 0 unspecified atom stereocenters. The Morgan fingerprint density at radius 3 is 1.70 bits per heavy atom. The van der Waals surface area contributed by atoms with Crippen molar-refractivity contribution in [2.24, 2.45) is 0 Å². The fraction of sp³-hybridized carbons (Fsp3) is 0. The second-order valence-corrected chi connectivity index (χ2v) is 15.2. The molecular weight excluding hydrogens is 701 g/mol. The summed E-state index contributed by atoms with van der Waals surface area (Å²) >= 11 is 1.84. The largest absolute Gasteiger partial charge is 0.455 e. The monoisotopic (exact) mass is 732 g/mol. The molecule has 11 rings (SSSR count). The van der Waals surface area contributed by atoms with Crippen LogP contribution in [0.15, 0.2) is 199 Å². The van der Waals surface area contributed by atoms with Crippen LogP contribution in [0, 0.1) is 0 Å². The summed E-state index contributed by atoms with van der Waals surface area (Å²) in [7, 11) is 0. The lowest BCUT2D eigenvalue weighted by atomic mass is 9.93. The highest BCUT2D eigenvalue weighted by molar-refractivity contribution is 7.25. The van der Waals surface area contributed by atoms with E-state index >= 15 is 0 Å². The molecule has 56 heavy (non-hydrogen) atoms. The van der Waals surface area contributed by atoms with E-state index in [9.17, 15) is 0 Å². The summed E-state index contributed by atoms with van der Waals surface area (Å²) in [5.41, 5.74) is 13.3. The van der Waals surface area contributed by atoms with E-state index in [2.05, 4.69) is 176 Å². The van der Waals surface area contributed by atoms with Gasteiger partial charge in [-0.05, 0) is 64.2 Å². The van der Waals surface area contributed by atoms with Gasteiger partial charge in [0.05, 0.1) is 11.4 Å². The number of benzene rings is 8. The molecule has 0 atom stereocenters.